The molecular weight excluding hydrogens is 663 g/mol. The van der Waals surface area contributed by atoms with E-state index < -0.39 is 41.4 Å². The van der Waals surface area contributed by atoms with Crippen LogP contribution >= 0.6 is 0 Å². The number of amides is 4. The first-order chi connectivity index (χ1) is 23.5. The highest BCUT2D eigenvalue weighted by atomic mass is 19.4. The minimum absolute atomic E-state index is 0.0403. The average molecular weight is 694 g/mol. The average Bonchev–Trinajstić information content (AvgIpc) is 3.53. The van der Waals surface area contributed by atoms with Crippen LogP contribution in [0.3, 0.4) is 0 Å². The Morgan fingerprint density at radius 3 is 1.88 bits per heavy atom. The number of carbonyl (C=O) groups excluding carboxylic acids is 6. The van der Waals surface area contributed by atoms with Gasteiger partial charge in [0, 0.05) is 61.7 Å². The molecule has 1 atom stereocenters. The Labute approximate surface area is 283 Å². The maximum atomic E-state index is 13.6. The van der Waals surface area contributed by atoms with Gasteiger partial charge < -0.3 is 24.1 Å². The zero-order valence-corrected chi connectivity index (χ0v) is 27.5. The Kier molecular flexibility index (Phi) is 8.19. The Morgan fingerprint density at radius 1 is 0.840 bits per heavy atom. The monoisotopic (exact) mass is 693 g/mol. The van der Waals surface area contributed by atoms with Crippen LogP contribution in [0.25, 0.3) is 0 Å². The highest BCUT2D eigenvalue weighted by molar-refractivity contribution is 6.04. The second-order valence-electron chi connectivity index (χ2n) is 12.0. The van der Waals surface area contributed by atoms with Crippen LogP contribution in [0.5, 0.6) is 11.5 Å². The fraction of sp³-hybridized carbons (Fsp3) is 0.314. The first kappa shape index (κ1) is 34.1. The number of ether oxygens (including phenoxy) is 2. The van der Waals surface area contributed by atoms with Crippen molar-refractivity contribution in [1.82, 2.24) is 5.06 Å². The predicted octanol–water partition coefficient (Wildman–Crippen LogP) is 5.38. The van der Waals surface area contributed by atoms with Crippen molar-refractivity contribution in [2.75, 3.05) is 22.9 Å². The molecule has 0 aromatic heterocycles. The third-order valence-electron chi connectivity index (χ3n) is 8.94. The number of aryl methyl sites for hydroxylation is 2. The van der Waals surface area contributed by atoms with E-state index in [2.05, 4.69) is 0 Å². The summed E-state index contributed by atoms with van der Waals surface area (Å²) in [6.45, 7) is 7.70. The van der Waals surface area contributed by atoms with Gasteiger partial charge in [-0.1, -0.05) is 0 Å². The molecule has 0 N–H and O–H groups in total. The molecule has 0 bridgehead atoms. The van der Waals surface area contributed by atoms with Gasteiger partial charge in [0.25, 0.3) is 11.8 Å². The van der Waals surface area contributed by atoms with E-state index in [-0.39, 0.29) is 82.4 Å². The topological polar surface area (TPSA) is 140 Å². The normalized spacial score (nSPS) is 17.5. The molecule has 1 fully saturated rings. The predicted molar refractivity (Wildman–Crippen MR) is 168 cm³/mol. The number of carbonyl (C=O) groups is 6. The molecule has 0 aliphatic carbocycles. The SMILES string of the molecule is CCN(C(C)=O)c1cc2c(cc1C)C1(OC(=O)c3ccc(C(=O)ON4C(=O)CCC4=O)cc31)c1cc(C)c(N(CC)C(=O)C(F)(F)F)cc1O2. The smallest absolute Gasteiger partial charge is 0.456 e. The molecule has 6 rings (SSSR count). The molecule has 1 unspecified atom stereocenters. The Hall–Kier alpha value is -5.73. The number of hydrogen-bond donors (Lipinski definition) is 0. The minimum atomic E-state index is -5.18. The second-order valence-corrected chi connectivity index (χ2v) is 12.0. The van der Waals surface area contributed by atoms with Crippen molar-refractivity contribution in [3.63, 3.8) is 0 Å². The van der Waals surface area contributed by atoms with E-state index in [1.165, 1.54) is 56.0 Å². The van der Waals surface area contributed by atoms with E-state index in [4.69, 9.17) is 14.3 Å². The third-order valence-corrected chi connectivity index (χ3v) is 8.94. The Balaban J connectivity index is 1.59. The van der Waals surface area contributed by atoms with Crippen molar-refractivity contribution in [2.24, 2.45) is 0 Å². The highest BCUT2D eigenvalue weighted by Gasteiger charge is 2.55. The molecule has 15 heteroatoms. The van der Waals surface area contributed by atoms with Crippen LogP contribution in [0.15, 0.2) is 42.5 Å². The van der Waals surface area contributed by atoms with Gasteiger partial charge in [0.15, 0.2) is 5.60 Å². The fourth-order valence-electron chi connectivity index (χ4n) is 6.64. The van der Waals surface area contributed by atoms with Crippen molar-refractivity contribution >= 4 is 46.9 Å². The summed E-state index contributed by atoms with van der Waals surface area (Å²) < 4.78 is 53.4. The number of anilines is 2. The van der Waals surface area contributed by atoms with Crippen LogP contribution in [0.1, 0.15) is 82.1 Å². The molecule has 260 valence electrons. The van der Waals surface area contributed by atoms with Crippen LogP contribution in [0, 0.1) is 13.8 Å². The summed E-state index contributed by atoms with van der Waals surface area (Å²) in [5, 5.41) is 0.387. The number of nitrogens with zero attached hydrogens (tertiary/aromatic N) is 3. The number of halogens is 3. The molecule has 4 amide bonds. The summed E-state index contributed by atoms with van der Waals surface area (Å²) in [7, 11) is 0. The van der Waals surface area contributed by atoms with E-state index in [0.29, 0.717) is 21.2 Å². The molecular formula is C35H30F3N3O9. The first-order valence-electron chi connectivity index (χ1n) is 15.6. The summed E-state index contributed by atoms with van der Waals surface area (Å²) in [5.41, 5.74) is -0.231. The third kappa shape index (κ3) is 5.24. The van der Waals surface area contributed by atoms with Crippen LogP contribution < -0.4 is 14.5 Å². The standard InChI is InChI=1S/C35H30F3N3O9/c1-6-39(19(5)42)25-15-27-23(12-17(25)3)34(24-13-18(4)26(16-28(24)48-27)40(7-2)33(47)35(36,37)38)22-14-20(8-9-21(22)32(46)49-34)31(45)50-41-29(43)10-11-30(41)44/h8-9,12-16H,6-7,10-11H2,1-5H3. The molecule has 3 aliphatic heterocycles. The first-order valence-corrected chi connectivity index (χ1v) is 15.6. The van der Waals surface area contributed by atoms with Crippen LogP contribution in [-0.4, -0.2) is 59.9 Å². The number of alkyl halides is 3. The van der Waals surface area contributed by atoms with Gasteiger partial charge in [0.2, 0.25) is 5.91 Å². The summed E-state index contributed by atoms with van der Waals surface area (Å²) in [4.78, 5) is 83.3. The van der Waals surface area contributed by atoms with E-state index in [1.807, 2.05) is 0 Å². The van der Waals surface area contributed by atoms with Crippen molar-refractivity contribution in [2.45, 2.75) is 59.2 Å². The minimum Gasteiger partial charge on any atom is -0.456 e. The summed E-state index contributed by atoms with van der Waals surface area (Å²) in [5.74, 6) is -5.60. The quantitative estimate of drug-likeness (QED) is 0.246. The molecule has 3 aliphatic rings. The number of fused-ring (bicyclic) bond motifs is 6. The van der Waals surface area contributed by atoms with Gasteiger partial charge in [-0.2, -0.15) is 13.2 Å². The molecule has 0 saturated carbocycles. The zero-order chi connectivity index (χ0) is 36.4. The Bertz CT molecular complexity index is 2030. The van der Waals surface area contributed by atoms with Crippen molar-refractivity contribution in [3.8, 4) is 11.5 Å². The number of imide groups is 1. The lowest BCUT2D eigenvalue weighted by molar-refractivity contribution is -0.172. The van der Waals surface area contributed by atoms with E-state index >= 15 is 0 Å². The number of hydroxylamine groups is 2. The van der Waals surface area contributed by atoms with E-state index in [1.54, 1.807) is 26.0 Å². The molecule has 3 aromatic rings. The zero-order valence-electron chi connectivity index (χ0n) is 27.5. The van der Waals surface area contributed by atoms with Crippen LogP contribution in [0.2, 0.25) is 0 Å². The fourth-order valence-corrected chi connectivity index (χ4v) is 6.64. The lowest BCUT2D eigenvalue weighted by atomic mass is 9.76. The van der Waals surface area contributed by atoms with E-state index in [9.17, 15) is 41.9 Å². The molecule has 3 heterocycles. The second kappa shape index (κ2) is 12.0. The van der Waals surface area contributed by atoms with Gasteiger partial charge in [0.1, 0.15) is 11.5 Å². The number of esters is 1. The van der Waals surface area contributed by atoms with Crippen molar-refractivity contribution in [1.29, 1.82) is 0 Å². The lowest BCUT2D eigenvalue weighted by Crippen LogP contribution is -2.41. The molecule has 1 saturated heterocycles. The summed E-state index contributed by atoms with van der Waals surface area (Å²) >= 11 is 0. The van der Waals surface area contributed by atoms with E-state index in [0.717, 1.165) is 0 Å². The number of benzene rings is 3. The Morgan fingerprint density at radius 2 is 1.38 bits per heavy atom. The molecule has 12 nitrogen and oxygen atoms in total. The molecule has 50 heavy (non-hydrogen) atoms. The van der Waals surface area contributed by atoms with Gasteiger partial charge in [0.05, 0.1) is 22.5 Å². The lowest BCUT2D eigenvalue weighted by Gasteiger charge is -2.38. The molecule has 0 radical (unpaired) electrons. The highest BCUT2D eigenvalue weighted by Crippen LogP contribution is 2.58. The van der Waals surface area contributed by atoms with Crippen LogP contribution in [-0.2, 0) is 34.4 Å². The number of rotatable bonds is 6. The van der Waals surface area contributed by atoms with Crippen molar-refractivity contribution < 1.29 is 56.2 Å². The largest absolute Gasteiger partial charge is 0.471 e. The maximum Gasteiger partial charge on any atom is 0.471 e. The van der Waals surface area contributed by atoms with Gasteiger partial charge >= 0.3 is 24.0 Å². The van der Waals surface area contributed by atoms with Gasteiger partial charge in [-0.3, -0.25) is 19.2 Å². The molecule has 3 aromatic carbocycles. The number of hydrogen-bond acceptors (Lipinski definition) is 9. The van der Waals surface area contributed by atoms with Crippen molar-refractivity contribution in [3.05, 3.63) is 81.4 Å². The summed E-state index contributed by atoms with van der Waals surface area (Å²) in [6.07, 6.45) is -5.42. The molecule has 1 spiro atoms. The van der Waals surface area contributed by atoms with Crippen LogP contribution in [0.4, 0.5) is 24.5 Å². The van der Waals surface area contributed by atoms with Gasteiger partial charge in [-0.25, -0.2) is 9.59 Å². The van der Waals surface area contributed by atoms with Gasteiger partial charge in [-0.05, 0) is 69.2 Å². The summed E-state index contributed by atoms with van der Waals surface area (Å²) in [6, 6.07) is 9.81. The van der Waals surface area contributed by atoms with Gasteiger partial charge in [-0.15, -0.1) is 5.06 Å². The maximum absolute atomic E-state index is 13.6.